The van der Waals surface area contributed by atoms with Gasteiger partial charge < -0.3 is 10.1 Å². The molecule has 19 heavy (non-hydrogen) atoms. The zero-order valence-corrected chi connectivity index (χ0v) is 13.0. The van der Waals surface area contributed by atoms with Gasteiger partial charge >= 0.3 is 0 Å². The van der Waals surface area contributed by atoms with Gasteiger partial charge in [-0.3, -0.25) is 4.90 Å². The van der Waals surface area contributed by atoms with E-state index in [-0.39, 0.29) is 5.60 Å². The van der Waals surface area contributed by atoms with Crippen LogP contribution in [0.4, 0.5) is 0 Å². The Morgan fingerprint density at radius 2 is 2.37 bits per heavy atom. The summed E-state index contributed by atoms with van der Waals surface area (Å²) in [6.07, 6.45) is 6.46. The highest BCUT2D eigenvalue weighted by atomic mass is 32.2. The van der Waals surface area contributed by atoms with E-state index < -0.39 is 0 Å². The normalized spacial score (nSPS) is 40.3. The third-order valence-electron chi connectivity index (χ3n) is 5.11. The predicted molar refractivity (Wildman–Crippen MR) is 81.9 cm³/mol. The quantitative estimate of drug-likeness (QED) is 0.854. The smallest absolute Gasteiger partial charge is 0.0795 e. The van der Waals surface area contributed by atoms with Crippen LogP contribution in [0.5, 0.6) is 0 Å². The van der Waals surface area contributed by atoms with Gasteiger partial charge in [0.15, 0.2) is 0 Å². The summed E-state index contributed by atoms with van der Waals surface area (Å²) in [7, 11) is 0. The maximum atomic E-state index is 6.10. The lowest BCUT2D eigenvalue weighted by atomic mass is 9.90. The summed E-state index contributed by atoms with van der Waals surface area (Å²) in [5, 5.41) is 3.85. The molecule has 0 aromatic heterocycles. The SMILES string of the molecule is CCN1CCCC1CNC1CCOC2(CCSC2)C1. The van der Waals surface area contributed by atoms with Crippen molar-refractivity contribution >= 4 is 11.8 Å². The number of likely N-dealkylation sites (tertiary alicyclic amines) is 1. The van der Waals surface area contributed by atoms with E-state index >= 15 is 0 Å². The molecule has 0 radical (unpaired) electrons. The second kappa shape index (κ2) is 6.33. The maximum absolute atomic E-state index is 6.10. The number of ether oxygens (including phenoxy) is 1. The molecule has 3 fully saturated rings. The summed E-state index contributed by atoms with van der Waals surface area (Å²) in [5.74, 6) is 2.51. The first-order valence-electron chi connectivity index (χ1n) is 8.00. The van der Waals surface area contributed by atoms with Gasteiger partial charge in [-0.2, -0.15) is 11.8 Å². The van der Waals surface area contributed by atoms with Crippen molar-refractivity contribution in [3.05, 3.63) is 0 Å². The van der Waals surface area contributed by atoms with Crippen LogP contribution in [-0.4, -0.2) is 60.3 Å². The van der Waals surface area contributed by atoms with Gasteiger partial charge in [0, 0.05) is 31.0 Å². The number of hydrogen-bond acceptors (Lipinski definition) is 4. The molecular formula is C15H28N2OS. The first kappa shape index (κ1) is 14.2. The van der Waals surface area contributed by atoms with E-state index in [1.54, 1.807) is 0 Å². The summed E-state index contributed by atoms with van der Waals surface area (Å²) in [4.78, 5) is 2.63. The van der Waals surface area contributed by atoms with Crippen LogP contribution >= 0.6 is 11.8 Å². The molecule has 4 heteroatoms. The van der Waals surface area contributed by atoms with E-state index in [9.17, 15) is 0 Å². The Morgan fingerprint density at radius 1 is 1.42 bits per heavy atom. The molecule has 0 amide bonds. The Kier molecular flexibility index (Phi) is 4.73. The van der Waals surface area contributed by atoms with Gasteiger partial charge in [0.2, 0.25) is 0 Å². The van der Waals surface area contributed by atoms with Crippen LogP contribution < -0.4 is 5.32 Å². The summed E-state index contributed by atoms with van der Waals surface area (Å²) >= 11 is 2.07. The fraction of sp³-hybridized carbons (Fsp3) is 1.00. The Labute approximate surface area is 121 Å². The molecule has 3 rings (SSSR count). The van der Waals surface area contributed by atoms with Gasteiger partial charge in [0.1, 0.15) is 0 Å². The van der Waals surface area contributed by atoms with Crippen molar-refractivity contribution in [3.63, 3.8) is 0 Å². The van der Waals surface area contributed by atoms with E-state index in [0.717, 1.165) is 12.6 Å². The first-order chi connectivity index (χ1) is 9.31. The number of nitrogens with zero attached hydrogens (tertiary/aromatic N) is 1. The second-order valence-corrected chi connectivity index (χ2v) is 7.46. The number of hydrogen-bond donors (Lipinski definition) is 1. The Bertz CT molecular complexity index is 294. The molecule has 3 unspecified atom stereocenters. The summed E-state index contributed by atoms with van der Waals surface area (Å²) < 4.78 is 6.10. The Morgan fingerprint density at radius 3 is 3.16 bits per heavy atom. The fourth-order valence-corrected chi connectivity index (χ4v) is 5.29. The minimum atomic E-state index is 0.223. The summed E-state index contributed by atoms with van der Waals surface area (Å²) in [6, 6.07) is 1.47. The molecule has 110 valence electrons. The topological polar surface area (TPSA) is 24.5 Å². The average molecular weight is 284 g/mol. The molecule has 3 aliphatic rings. The lowest BCUT2D eigenvalue weighted by Crippen LogP contribution is -2.49. The predicted octanol–water partition coefficient (Wildman–Crippen LogP) is 2.12. The molecule has 3 saturated heterocycles. The first-order valence-corrected chi connectivity index (χ1v) is 9.16. The van der Waals surface area contributed by atoms with Crippen molar-refractivity contribution < 1.29 is 4.74 Å². The van der Waals surface area contributed by atoms with E-state index in [0.29, 0.717) is 6.04 Å². The van der Waals surface area contributed by atoms with Crippen molar-refractivity contribution in [3.8, 4) is 0 Å². The van der Waals surface area contributed by atoms with Crippen molar-refractivity contribution in [1.29, 1.82) is 0 Å². The average Bonchev–Trinajstić information content (AvgIpc) is 3.06. The zero-order chi connectivity index (χ0) is 13.1. The number of nitrogens with one attached hydrogen (secondary N) is 1. The molecule has 0 saturated carbocycles. The number of likely N-dealkylation sites (N-methyl/N-ethyl adjacent to an activating group) is 1. The van der Waals surface area contributed by atoms with Crippen LogP contribution in [0.3, 0.4) is 0 Å². The Hall–Kier alpha value is 0.230. The molecule has 0 aliphatic carbocycles. The van der Waals surface area contributed by atoms with Gasteiger partial charge in [-0.1, -0.05) is 6.92 Å². The van der Waals surface area contributed by atoms with Crippen LogP contribution in [0, 0.1) is 0 Å². The highest BCUT2D eigenvalue weighted by Crippen LogP contribution is 2.38. The molecule has 0 bridgehead atoms. The molecule has 3 atom stereocenters. The zero-order valence-electron chi connectivity index (χ0n) is 12.2. The lowest BCUT2D eigenvalue weighted by Gasteiger charge is -2.38. The van der Waals surface area contributed by atoms with Crippen LogP contribution in [0.1, 0.15) is 39.0 Å². The number of thioether (sulfide) groups is 1. The van der Waals surface area contributed by atoms with E-state index in [2.05, 4.69) is 28.9 Å². The highest BCUT2D eigenvalue weighted by Gasteiger charge is 2.40. The molecule has 3 nitrogen and oxygen atoms in total. The summed E-state index contributed by atoms with van der Waals surface area (Å²) in [6.45, 7) is 6.94. The van der Waals surface area contributed by atoms with Crippen LogP contribution in [0.15, 0.2) is 0 Å². The number of rotatable bonds is 4. The van der Waals surface area contributed by atoms with Gasteiger partial charge in [-0.05, 0) is 50.9 Å². The van der Waals surface area contributed by atoms with Gasteiger partial charge in [0.25, 0.3) is 0 Å². The monoisotopic (exact) mass is 284 g/mol. The molecule has 1 N–H and O–H groups in total. The standard InChI is InChI=1S/C15H28N2OS/c1-2-17-7-3-4-14(17)11-16-13-5-8-18-15(10-13)6-9-19-12-15/h13-14,16H,2-12H2,1H3. The Balaban J connectivity index is 1.47. The minimum Gasteiger partial charge on any atom is -0.374 e. The van der Waals surface area contributed by atoms with Gasteiger partial charge in [-0.25, -0.2) is 0 Å². The van der Waals surface area contributed by atoms with Gasteiger partial charge in [0.05, 0.1) is 5.60 Å². The second-order valence-electron chi connectivity index (χ2n) is 6.36. The van der Waals surface area contributed by atoms with Crippen LogP contribution in [0.25, 0.3) is 0 Å². The molecule has 3 aliphatic heterocycles. The molecule has 1 spiro atoms. The molecule has 0 aromatic carbocycles. The third kappa shape index (κ3) is 3.29. The lowest BCUT2D eigenvalue weighted by molar-refractivity contribution is -0.0704. The van der Waals surface area contributed by atoms with Crippen LogP contribution in [-0.2, 0) is 4.74 Å². The van der Waals surface area contributed by atoms with E-state index in [1.165, 1.54) is 63.2 Å². The summed E-state index contributed by atoms with van der Waals surface area (Å²) in [5.41, 5.74) is 0.223. The molecule has 0 aromatic rings. The highest BCUT2D eigenvalue weighted by molar-refractivity contribution is 7.99. The third-order valence-corrected chi connectivity index (χ3v) is 6.33. The van der Waals surface area contributed by atoms with Crippen molar-refractivity contribution in [2.24, 2.45) is 0 Å². The van der Waals surface area contributed by atoms with Crippen molar-refractivity contribution in [2.75, 3.05) is 37.7 Å². The maximum Gasteiger partial charge on any atom is 0.0795 e. The van der Waals surface area contributed by atoms with E-state index in [4.69, 9.17) is 4.74 Å². The molecular weight excluding hydrogens is 256 g/mol. The van der Waals surface area contributed by atoms with Gasteiger partial charge in [-0.15, -0.1) is 0 Å². The molecule has 3 heterocycles. The van der Waals surface area contributed by atoms with Crippen molar-refractivity contribution in [1.82, 2.24) is 10.2 Å². The largest absolute Gasteiger partial charge is 0.374 e. The minimum absolute atomic E-state index is 0.223. The van der Waals surface area contributed by atoms with Crippen LogP contribution in [0.2, 0.25) is 0 Å². The fourth-order valence-electron chi connectivity index (χ4n) is 3.91. The van der Waals surface area contributed by atoms with E-state index in [1.807, 2.05) is 0 Å². The van der Waals surface area contributed by atoms with Crippen molar-refractivity contribution in [2.45, 2.75) is 56.7 Å².